The topological polar surface area (TPSA) is 85.3 Å². The molecule has 2 aromatic rings. The third-order valence-corrected chi connectivity index (χ3v) is 4.71. The van der Waals surface area contributed by atoms with Crippen molar-refractivity contribution in [1.29, 1.82) is 0 Å². The number of esters is 1. The number of nitrogens with zero attached hydrogens (tertiary/aromatic N) is 1. The number of benzene rings is 2. The fraction of sp³-hybridized carbons (Fsp3) is 0.217. The molecular formula is C23H23NO6. The molecule has 0 atom stereocenters. The summed E-state index contributed by atoms with van der Waals surface area (Å²) in [7, 11) is 2.71. The predicted octanol–water partition coefficient (Wildman–Crippen LogP) is 3.68. The number of hydrogen-bond acceptors (Lipinski definition) is 6. The van der Waals surface area contributed by atoms with Gasteiger partial charge in [-0.15, -0.1) is 0 Å². The van der Waals surface area contributed by atoms with Crippen LogP contribution >= 0.6 is 0 Å². The van der Waals surface area contributed by atoms with E-state index < -0.39 is 5.97 Å². The monoisotopic (exact) mass is 409 g/mol. The largest absolute Gasteiger partial charge is 0.504 e. The number of carbonyl (C=O) groups excluding carboxylic acids is 2. The number of amides is 1. The molecule has 7 nitrogen and oxygen atoms in total. The minimum atomic E-state index is -0.605. The standard InChI is InChI=1S/C23H23NO6/c1-5-30-17-9-7-16(8-10-17)24-14(2)21(23(27)29-4)18(22(24)26)12-15-6-11-19(25)20(13-15)28-3/h6-13,25H,5H2,1-4H3/b18-12-. The van der Waals surface area contributed by atoms with E-state index in [1.807, 2.05) is 6.92 Å². The van der Waals surface area contributed by atoms with E-state index in [-0.39, 0.29) is 28.6 Å². The van der Waals surface area contributed by atoms with Crippen LogP contribution in [0.15, 0.2) is 59.3 Å². The molecule has 2 aromatic carbocycles. The Morgan fingerprint density at radius 1 is 1.13 bits per heavy atom. The van der Waals surface area contributed by atoms with Gasteiger partial charge in [-0.2, -0.15) is 0 Å². The Bertz CT molecular complexity index is 1040. The number of methoxy groups -OCH3 is 2. The van der Waals surface area contributed by atoms with Crippen LogP contribution in [0.3, 0.4) is 0 Å². The van der Waals surface area contributed by atoms with Crippen LogP contribution in [0, 0.1) is 0 Å². The minimum Gasteiger partial charge on any atom is -0.504 e. The van der Waals surface area contributed by atoms with Crippen molar-refractivity contribution in [3.63, 3.8) is 0 Å². The Morgan fingerprint density at radius 3 is 2.43 bits per heavy atom. The summed E-state index contributed by atoms with van der Waals surface area (Å²) in [5.41, 5.74) is 2.04. The molecule has 7 heteroatoms. The van der Waals surface area contributed by atoms with Crippen molar-refractivity contribution >= 4 is 23.6 Å². The first-order valence-corrected chi connectivity index (χ1v) is 9.36. The number of hydrogen-bond donors (Lipinski definition) is 1. The molecule has 156 valence electrons. The highest BCUT2D eigenvalue weighted by molar-refractivity contribution is 6.23. The molecule has 0 fully saturated rings. The van der Waals surface area contributed by atoms with E-state index in [1.54, 1.807) is 49.4 Å². The van der Waals surface area contributed by atoms with Gasteiger partial charge in [-0.1, -0.05) is 6.07 Å². The Morgan fingerprint density at radius 2 is 1.83 bits per heavy atom. The number of carbonyl (C=O) groups is 2. The summed E-state index contributed by atoms with van der Waals surface area (Å²) < 4.78 is 15.5. The van der Waals surface area contributed by atoms with Crippen LogP contribution in [0.4, 0.5) is 5.69 Å². The zero-order valence-electron chi connectivity index (χ0n) is 17.3. The molecule has 0 bridgehead atoms. The minimum absolute atomic E-state index is 0.0201. The summed E-state index contributed by atoms with van der Waals surface area (Å²) in [5.74, 6) is -0.0307. The lowest BCUT2D eigenvalue weighted by Crippen LogP contribution is -2.24. The Balaban J connectivity index is 2.07. The van der Waals surface area contributed by atoms with Crippen molar-refractivity contribution in [2.75, 3.05) is 25.7 Å². The van der Waals surface area contributed by atoms with Gasteiger partial charge < -0.3 is 19.3 Å². The molecule has 0 radical (unpaired) electrons. The molecule has 0 aromatic heterocycles. The zero-order chi connectivity index (χ0) is 21.8. The van der Waals surface area contributed by atoms with Crippen molar-refractivity contribution in [3.05, 3.63) is 64.9 Å². The lowest BCUT2D eigenvalue weighted by Gasteiger charge is -2.18. The van der Waals surface area contributed by atoms with Gasteiger partial charge >= 0.3 is 5.97 Å². The average Bonchev–Trinajstić information content (AvgIpc) is 2.99. The molecular weight excluding hydrogens is 386 g/mol. The van der Waals surface area contributed by atoms with Crippen LogP contribution in [0.25, 0.3) is 6.08 Å². The quantitative estimate of drug-likeness (QED) is 0.579. The van der Waals surface area contributed by atoms with Gasteiger partial charge in [0.2, 0.25) is 0 Å². The van der Waals surface area contributed by atoms with E-state index in [9.17, 15) is 14.7 Å². The van der Waals surface area contributed by atoms with E-state index in [0.29, 0.717) is 29.3 Å². The van der Waals surface area contributed by atoms with E-state index in [1.165, 1.54) is 25.2 Å². The first-order chi connectivity index (χ1) is 14.4. The molecule has 30 heavy (non-hydrogen) atoms. The number of allylic oxidation sites excluding steroid dienone is 1. The number of ether oxygens (including phenoxy) is 3. The summed E-state index contributed by atoms with van der Waals surface area (Å²) in [5, 5.41) is 9.80. The molecule has 0 unspecified atom stereocenters. The first-order valence-electron chi connectivity index (χ1n) is 9.36. The number of aromatic hydroxyl groups is 1. The summed E-state index contributed by atoms with van der Waals surface area (Å²) in [6.07, 6.45) is 1.58. The van der Waals surface area contributed by atoms with Crippen molar-refractivity contribution in [3.8, 4) is 17.2 Å². The van der Waals surface area contributed by atoms with Crippen molar-refractivity contribution in [1.82, 2.24) is 0 Å². The molecule has 1 heterocycles. The van der Waals surface area contributed by atoms with Crippen LogP contribution in [0.2, 0.25) is 0 Å². The average molecular weight is 409 g/mol. The normalized spacial score (nSPS) is 15.0. The maximum absolute atomic E-state index is 13.3. The third-order valence-electron chi connectivity index (χ3n) is 4.71. The molecule has 1 aliphatic rings. The summed E-state index contributed by atoms with van der Waals surface area (Å²) in [4.78, 5) is 27.2. The summed E-state index contributed by atoms with van der Waals surface area (Å²) in [6, 6.07) is 11.7. The Hall–Kier alpha value is -3.74. The van der Waals surface area contributed by atoms with Gasteiger partial charge in [0.05, 0.1) is 32.0 Å². The molecule has 1 aliphatic heterocycles. The molecule has 3 rings (SSSR count). The van der Waals surface area contributed by atoms with E-state index in [0.717, 1.165) is 0 Å². The molecule has 0 saturated carbocycles. The van der Waals surface area contributed by atoms with Crippen LogP contribution in [-0.4, -0.2) is 37.8 Å². The van der Waals surface area contributed by atoms with Gasteiger partial charge in [-0.05, 0) is 61.9 Å². The lowest BCUT2D eigenvalue weighted by molar-refractivity contribution is -0.136. The highest BCUT2D eigenvalue weighted by Crippen LogP contribution is 2.37. The zero-order valence-corrected chi connectivity index (χ0v) is 17.3. The molecule has 1 amide bonds. The van der Waals surface area contributed by atoms with Gasteiger partial charge in [0.1, 0.15) is 5.75 Å². The molecule has 1 N–H and O–H groups in total. The maximum Gasteiger partial charge on any atom is 0.340 e. The van der Waals surface area contributed by atoms with Gasteiger partial charge in [0.15, 0.2) is 11.5 Å². The fourth-order valence-corrected chi connectivity index (χ4v) is 3.30. The van der Waals surface area contributed by atoms with Crippen LogP contribution in [0.1, 0.15) is 19.4 Å². The highest BCUT2D eigenvalue weighted by Gasteiger charge is 2.37. The number of phenolic OH excluding ortho intramolecular Hbond substituents is 1. The van der Waals surface area contributed by atoms with Crippen LogP contribution < -0.4 is 14.4 Å². The third kappa shape index (κ3) is 3.87. The number of rotatable bonds is 6. The summed E-state index contributed by atoms with van der Waals surface area (Å²) in [6.45, 7) is 4.12. The molecule has 0 saturated heterocycles. The number of phenols is 1. The lowest BCUT2D eigenvalue weighted by atomic mass is 10.0. The van der Waals surface area contributed by atoms with Gasteiger partial charge in [-0.25, -0.2) is 4.79 Å². The van der Waals surface area contributed by atoms with E-state index in [4.69, 9.17) is 14.2 Å². The van der Waals surface area contributed by atoms with Gasteiger partial charge in [0, 0.05) is 11.4 Å². The van der Waals surface area contributed by atoms with Gasteiger partial charge in [0.25, 0.3) is 5.91 Å². The van der Waals surface area contributed by atoms with E-state index >= 15 is 0 Å². The Labute approximate surface area is 174 Å². The Kier molecular flexibility index (Phi) is 6.11. The fourth-order valence-electron chi connectivity index (χ4n) is 3.30. The number of anilines is 1. The smallest absolute Gasteiger partial charge is 0.340 e. The maximum atomic E-state index is 13.3. The van der Waals surface area contributed by atoms with Crippen molar-refractivity contribution in [2.24, 2.45) is 0 Å². The summed E-state index contributed by atoms with van der Waals surface area (Å²) >= 11 is 0. The second kappa shape index (κ2) is 8.73. The van der Waals surface area contributed by atoms with Crippen LogP contribution in [-0.2, 0) is 14.3 Å². The predicted molar refractivity (Wildman–Crippen MR) is 112 cm³/mol. The molecule has 0 aliphatic carbocycles. The van der Waals surface area contributed by atoms with Gasteiger partial charge in [-0.3, -0.25) is 9.69 Å². The van der Waals surface area contributed by atoms with Crippen molar-refractivity contribution in [2.45, 2.75) is 13.8 Å². The second-order valence-corrected chi connectivity index (χ2v) is 6.51. The van der Waals surface area contributed by atoms with Crippen molar-refractivity contribution < 1.29 is 28.9 Å². The second-order valence-electron chi connectivity index (χ2n) is 6.51. The van der Waals surface area contributed by atoms with E-state index in [2.05, 4.69) is 0 Å². The van der Waals surface area contributed by atoms with Crippen LogP contribution in [0.5, 0.6) is 17.2 Å². The first kappa shape index (κ1) is 21.0. The highest BCUT2D eigenvalue weighted by atomic mass is 16.5. The SMILES string of the molecule is CCOc1ccc(N2C(=O)/C(=C\c3ccc(O)c(OC)c3)C(C(=O)OC)=C2C)cc1. The molecule has 0 spiro atoms.